The molecule has 6 heteroatoms. The number of hydrogen-bond acceptors (Lipinski definition) is 4. The van der Waals surface area contributed by atoms with E-state index >= 15 is 0 Å². The first-order chi connectivity index (χ1) is 9.38. The second kappa shape index (κ2) is 7.40. The molecule has 2 atom stereocenters. The number of nitrogens with one attached hydrogen (secondary N) is 1. The minimum absolute atomic E-state index is 0.0316. The first-order valence-electron chi connectivity index (χ1n) is 7.03. The Balaban J connectivity index is 3.06. The molecule has 0 saturated carbocycles. The number of carboxylic acid groups (broad SMARTS) is 1. The van der Waals surface area contributed by atoms with E-state index in [0.29, 0.717) is 12.1 Å². The van der Waals surface area contributed by atoms with Gasteiger partial charge in [-0.3, -0.25) is 4.79 Å². The molecule has 0 spiro atoms. The highest BCUT2D eigenvalue weighted by Crippen LogP contribution is 2.27. The summed E-state index contributed by atoms with van der Waals surface area (Å²) in [6.45, 7) is 5.38. The van der Waals surface area contributed by atoms with E-state index in [2.05, 4.69) is 5.32 Å². The van der Waals surface area contributed by atoms with Gasteiger partial charge in [0.05, 0.1) is 23.5 Å². The van der Waals surface area contributed by atoms with Crippen molar-refractivity contribution in [2.24, 2.45) is 5.73 Å². The number of nitrogens with two attached hydrogens (primary N) is 1. The van der Waals surface area contributed by atoms with Gasteiger partial charge in [-0.05, 0) is 25.7 Å². The summed E-state index contributed by atoms with van der Waals surface area (Å²) in [6, 6.07) is -0.266. The molecule has 0 aliphatic heterocycles. The fourth-order valence-electron chi connectivity index (χ4n) is 2.43. The predicted molar refractivity (Wildman–Crippen MR) is 74.9 cm³/mol. The summed E-state index contributed by atoms with van der Waals surface area (Å²) in [7, 11) is 0. The van der Waals surface area contributed by atoms with Crippen LogP contribution in [0.1, 0.15) is 46.5 Å². The highest BCUT2D eigenvalue weighted by Gasteiger charge is 2.33. The first kappa shape index (κ1) is 16.7. The molecule has 0 radical (unpaired) electrons. The molecule has 0 aromatic heterocycles. The molecule has 20 heavy (non-hydrogen) atoms. The summed E-state index contributed by atoms with van der Waals surface area (Å²) in [5.41, 5.74) is 6.42. The second-order valence-electron chi connectivity index (χ2n) is 5.14. The Morgan fingerprint density at radius 3 is 2.50 bits per heavy atom. The van der Waals surface area contributed by atoms with Crippen molar-refractivity contribution in [3.05, 3.63) is 11.3 Å². The molecule has 1 rings (SSSR count). The van der Waals surface area contributed by atoms with E-state index in [0.717, 1.165) is 12.8 Å². The molecule has 6 nitrogen and oxygen atoms in total. The monoisotopic (exact) mass is 284 g/mol. The van der Waals surface area contributed by atoms with Crippen molar-refractivity contribution in [2.45, 2.75) is 64.7 Å². The summed E-state index contributed by atoms with van der Waals surface area (Å²) in [4.78, 5) is 22.6. The van der Waals surface area contributed by atoms with Gasteiger partial charge in [0.1, 0.15) is 0 Å². The lowest BCUT2D eigenvalue weighted by atomic mass is 9.90. The van der Waals surface area contributed by atoms with Crippen molar-refractivity contribution in [2.75, 3.05) is 0 Å². The number of aliphatic carboxylic acids is 1. The Bertz CT molecular complexity index is 402. The van der Waals surface area contributed by atoms with E-state index in [4.69, 9.17) is 10.5 Å². The van der Waals surface area contributed by atoms with E-state index < -0.39 is 12.1 Å². The summed E-state index contributed by atoms with van der Waals surface area (Å²) in [6.07, 6.45) is 2.00. The van der Waals surface area contributed by atoms with Crippen molar-refractivity contribution in [3.8, 4) is 0 Å². The van der Waals surface area contributed by atoms with E-state index in [9.17, 15) is 14.7 Å². The highest BCUT2D eigenvalue weighted by molar-refractivity contribution is 5.89. The average molecular weight is 284 g/mol. The van der Waals surface area contributed by atoms with E-state index in [1.807, 2.05) is 13.8 Å². The van der Waals surface area contributed by atoms with Crippen molar-refractivity contribution in [1.29, 1.82) is 0 Å². The summed E-state index contributed by atoms with van der Waals surface area (Å²) in [5, 5.41) is 11.9. The van der Waals surface area contributed by atoms with Crippen molar-refractivity contribution in [1.82, 2.24) is 5.32 Å². The minimum atomic E-state index is -1.05. The highest BCUT2D eigenvalue weighted by atomic mass is 16.5. The average Bonchev–Trinajstić information content (AvgIpc) is 2.37. The maximum absolute atomic E-state index is 11.3. The minimum Gasteiger partial charge on any atom is -0.478 e. The summed E-state index contributed by atoms with van der Waals surface area (Å²) >= 11 is 0. The molecule has 1 aliphatic carbocycles. The lowest BCUT2D eigenvalue weighted by Gasteiger charge is -2.33. The molecule has 0 saturated heterocycles. The van der Waals surface area contributed by atoms with Crippen LogP contribution in [0, 0.1) is 0 Å². The molecule has 1 amide bonds. The van der Waals surface area contributed by atoms with Gasteiger partial charge >= 0.3 is 5.97 Å². The second-order valence-corrected chi connectivity index (χ2v) is 5.14. The van der Waals surface area contributed by atoms with Crippen LogP contribution in [-0.4, -0.2) is 35.2 Å². The zero-order chi connectivity index (χ0) is 15.3. The third-order valence-electron chi connectivity index (χ3n) is 3.47. The number of hydrogen-bond donors (Lipinski definition) is 3. The van der Waals surface area contributed by atoms with Crippen molar-refractivity contribution in [3.63, 3.8) is 0 Å². The Morgan fingerprint density at radius 2 is 2.05 bits per heavy atom. The Hall–Kier alpha value is -1.40. The maximum atomic E-state index is 11.3. The van der Waals surface area contributed by atoms with Crippen LogP contribution >= 0.6 is 0 Å². The quantitative estimate of drug-likeness (QED) is 0.679. The third-order valence-corrected chi connectivity index (χ3v) is 3.47. The van der Waals surface area contributed by atoms with Gasteiger partial charge in [0, 0.05) is 13.0 Å². The summed E-state index contributed by atoms with van der Waals surface area (Å²) in [5.74, 6) is -1.35. The standard InChI is InChI=1S/C14H24N2O4/c1-4-10(5-2)20-12-7-9(15)6-11(14(18)19)13(12)16-8(3)17/h9-10,12H,4-7,15H2,1-3H3,(H,16,17)(H,18,19). The Morgan fingerprint density at radius 1 is 1.45 bits per heavy atom. The number of carbonyl (C=O) groups excluding carboxylic acids is 1. The SMILES string of the molecule is CCC(CC)OC1CC(N)CC(C(=O)O)=C1NC(C)=O. The molecular formula is C14H24N2O4. The number of ether oxygens (including phenoxy) is 1. The molecule has 0 heterocycles. The molecule has 0 aromatic rings. The number of carboxylic acids is 1. The van der Waals surface area contributed by atoms with Crippen LogP contribution in [0.15, 0.2) is 11.3 Å². The normalized spacial score (nSPS) is 23.1. The lowest BCUT2D eigenvalue weighted by Crippen LogP contribution is -2.43. The third kappa shape index (κ3) is 4.31. The van der Waals surface area contributed by atoms with Crippen LogP contribution in [0.2, 0.25) is 0 Å². The van der Waals surface area contributed by atoms with E-state index in [1.165, 1.54) is 6.92 Å². The molecule has 114 valence electrons. The van der Waals surface area contributed by atoms with Gasteiger partial charge in [-0.25, -0.2) is 4.79 Å². The fourth-order valence-corrected chi connectivity index (χ4v) is 2.43. The number of carbonyl (C=O) groups is 2. The predicted octanol–water partition coefficient (Wildman–Crippen LogP) is 1.16. The maximum Gasteiger partial charge on any atom is 0.333 e. The fraction of sp³-hybridized carbons (Fsp3) is 0.714. The van der Waals surface area contributed by atoms with E-state index in [-0.39, 0.29) is 30.0 Å². The molecule has 0 fully saturated rings. The van der Waals surface area contributed by atoms with Crippen molar-refractivity contribution >= 4 is 11.9 Å². The molecule has 0 aromatic carbocycles. The van der Waals surface area contributed by atoms with Gasteiger partial charge in [0.25, 0.3) is 0 Å². The van der Waals surface area contributed by atoms with Gasteiger partial charge < -0.3 is 20.9 Å². The Kier molecular flexibility index (Phi) is 6.16. The van der Waals surface area contributed by atoms with Crippen LogP contribution < -0.4 is 11.1 Å². The molecular weight excluding hydrogens is 260 g/mol. The van der Waals surface area contributed by atoms with Crippen LogP contribution in [0.5, 0.6) is 0 Å². The van der Waals surface area contributed by atoms with Gasteiger partial charge in [0.15, 0.2) is 0 Å². The van der Waals surface area contributed by atoms with Crippen LogP contribution in [0.25, 0.3) is 0 Å². The number of amides is 1. The topological polar surface area (TPSA) is 102 Å². The first-order valence-corrected chi connectivity index (χ1v) is 7.03. The van der Waals surface area contributed by atoms with E-state index in [1.54, 1.807) is 0 Å². The zero-order valence-corrected chi connectivity index (χ0v) is 12.3. The van der Waals surface area contributed by atoms with Gasteiger partial charge in [0.2, 0.25) is 5.91 Å². The Labute approximate surface area is 119 Å². The molecule has 4 N–H and O–H groups in total. The van der Waals surface area contributed by atoms with Gasteiger partial charge in [-0.15, -0.1) is 0 Å². The van der Waals surface area contributed by atoms with Crippen molar-refractivity contribution < 1.29 is 19.4 Å². The summed E-state index contributed by atoms with van der Waals surface area (Å²) < 4.78 is 5.94. The lowest BCUT2D eigenvalue weighted by molar-refractivity contribution is -0.133. The largest absolute Gasteiger partial charge is 0.478 e. The van der Waals surface area contributed by atoms with Gasteiger partial charge in [-0.1, -0.05) is 13.8 Å². The molecule has 2 unspecified atom stereocenters. The van der Waals surface area contributed by atoms with Crippen LogP contribution in [0.3, 0.4) is 0 Å². The zero-order valence-electron chi connectivity index (χ0n) is 12.3. The number of rotatable bonds is 6. The van der Waals surface area contributed by atoms with Crippen LogP contribution in [0.4, 0.5) is 0 Å². The molecule has 1 aliphatic rings. The van der Waals surface area contributed by atoms with Gasteiger partial charge in [-0.2, -0.15) is 0 Å². The van der Waals surface area contributed by atoms with Crippen LogP contribution in [-0.2, 0) is 14.3 Å². The molecule has 0 bridgehead atoms. The smallest absolute Gasteiger partial charge is 0.333 e.